The van der Waals surface area contributed by atoms with Crippen LogP contribution in [0.15, 0.2) is 119 Å². The highest BCUT2D eigenvalue weighted by atomic mass is 16.4. The Morgan fingerprint density at radius 2 is 0.968 bits per heavy atom. The lowest BCUT2D eigenvalue weighted by atomic mass is 10.2. The van der Waals surface area contributed by atoms with Gasteiger partial charge in [0.05, 0.1) is 12.4 Å². The second kappa shape index (κ2) is 36.8. The minimum absolute atomic E-state index is 0.0386. The van der Waals surface area contributed by atoms with Gasteiger partial charge in [0.1, 0.15) is 5.69 Å². The fourth-order valence-corrected chi connectivity index (χ4v) is 4.17. The SMILES string of the molecule is CC.CC.CC.CC.CC(C)C(=O)NCc1cccnc1.CC(C)C(=O)NCc1ccncc1.CC(C)c1ncc(-c2ccccn2)o1.CC(C)c1ncc(-c2cccnc2)o1. The molecule has 340 valence electrons. The van der Waals surface area contributed by atoms with Crippen molar-refractivity contribution in [2.24, 2.45) is 11.8 Å². The summed E-state index contributed by atoms with van der Waals surface area (Å²) in [6.07, 6.45) is 15.6. The van der Waals surface area contributed by atoms with E-state index in [1.54, 1.807) is 55.8 Å². The first-order valence-corrected chi connectivity index (χ1v) is 22.0. The minimum atomic E-state index is 0.0386. The first-order valence-electron chi connectivity index (χ1n) is 22.0. The lowest BCUT2D eigenvalue weighted by Gasteiger charge is -2.06. The molecule has 0 aliphatic rings. The van der Waals surface area contributed by atoms with Crippen molar-refractivity contribution in [2.45, 2.75) is 136 Å². The predicted octanol–water partition coefficient (Wildman–Crippen LogP) is 12.5. The standard InChI is InChI=1S/2C11H12N2O.2C10H14N2O.4C2H6/c1-8(2)11-13-7-10(14-11)9-4-3-5-12-6-9;1-8(2)11-13-7-10(14-11)9-5-3-4-6-12-9;1-8(2)10(13)12-7-9-3-5-11-6-4-9;1-8(2)10(13)12-7-9-4-3-5-11-6-9;4*1-2/h2*3-8H,1-2H3;2*3-6,8H,7H2,1-2H3,(H,12,13);4*1-2H3. The lowest BCUT2D eigenvalue weighted by molar-refractivity contribution is -0.124. The van der Waals surface area contributed by atoms with Crippen molar-refractivity contribution in [3.63, 3.8) is 0 Å². The highest BCUT2D eigenvalue weighted by Gasteiger charge is 2.10. The van der Waals surface area contributed by atoms with E-state index in [2.05, 4.69) is 54.4 Å². The predicted molar refractivity (Wildman–Crippen MR) is 255 cm³/mol. The average molecular weight is 853 g/mol. The summed E-state index contributed by atoms with van der Waals surface area (Å²) in [7, 11) is 0. The number of nitrogens with zero attached hydrogens (tertiary/aromatic N) is 6. The Kier molecular flexibility index (Phi) is 34.4. The van der Waals surface area contributed by atoms with Crippen LogP contribution in [-0.2, 0) is 22.7 Å². The van der Waals surface area contributed by atoms with Crippen LogP contribution >= 0.6 is 0 Å². The van der Waals surface area contributed by atoms with Gasteiger partial charge in [-0.15, -0.1) is 0 Å². The van der Waals surface area contributed by atoms with Gasteiger partial charge in [-0.1, -0.05) is 123 Å². The third-order valence-corrected chi connectivity index (χ3v) is 7.35. The molecule has 6 aromatic rings. The number of amides is 2. The van der Waals surface area contributed by atoms with E-state index in [-0.39, 0.29) is 23.7 Å². The fraction of sp³-hybridized carbons (Fsp3) is 0.440. The Morgan fingerprint density at radius 1 is 0.484 bits per heavy atom. The van der Waals surface area contributed by atoms with Crippen molar-refractivity contribution in [1.29, 1.82) is 0 Å². The van der Waals surface area contributed by atoms with Crippen molar-refractivity contribution in [1.82, 2.24) is 40.5 Å². The second-order valence-electron chi connectivity index (χ2n) is 13.4. The number of pyridine rings is 4. The fourth-order valence-electron chi connectivity index (χ4n) is 4.17. The number of nitrogens with one attached hydrogen (secondary N) is 2. The van der Waals surface area contributed by atoms with Gasteiger partial charge in [-0.05, 0) is 53.6 Å². The van der Waals surface area contributed by atoms with Gasteiger partial charge >= 0.3 is 0 Å². The minimum Gasteiger partial charge on any atom is -0.440 e. The maximum absolute atomic E-state index is 11.2. The molecule has 0 saturated heterocycles. The number of aromatic nitrogens is 6. The molecule has 12 heteroatoms. The maximum Gasteiger partial charge on any atom is 0.222 e. The third-order valence-electron chi connectivity index (χ3n) is 7.35. The molecular formula is C50H76N8O4. The molecule has 0 aliphatic carbocycles. The van der Waals surface area contributed by atoms with E-state index >= 15 is 0 Å². The van der Waals surface area contributed by atoms with Crippen LogP contribution in [0.1, 0.15) is 146 Å². The molecule has 0 unspecified atom stereocenters. The highest BCUT2D eigenvalue weighted by Crippen LogP contribution is 2.23. The van der Waals surface area contributed by atoms with Crippen LogP contribution in [0.5, 0.6) is 0 Å². The van der Waals surface area contributed by atoms with Gasteiger partial charge in [0, 0.05) is 85.7 Å². The second-order valence-corrected chi connectivity index (χ2v) is 13.4. The molecule has 0 aliphatic heterocycles. The molecule has 0 aromatic carbocycles. The number of carbonyl (C=O) groups is 2. The van der Waals surface area contributed by atoms with Gasteiger partial charge in [0.25, 0.3) is 0 Å². The third kappa shape index (κ3) is 24.9. The Hall–Kier alpha value is -6.04. The summed E-state index contributed by atoms with van der Waals surface area (Å²) >= 11 is 0. The quantitative estimate of drug-likeness (QED) is 0.136. The van der Waals surface area contributed by atoms with E-state index < -0.39 is 0 Å². The lowest BCUT2D eigenvalue weighted by Crippen LogP contribution is -2.27. The van der Waals surface area contributed by atoms with Crippen LogP contribution < -0.4 is 10.6 Å². The zero-order valence-corrected chi connectivity index (χ0v) is 40.4. The number of carbonyl (C=O) groups excluding carboxylic acids is 2. The van der Waals surface area contributed by atoms with Crippen molar-refractivity contribution >= 4 is 11.8 Å². The van der Waals surface area contributed by atoms with E-state index in [1.165, 1.54) is 0 Å². The topological polar surface area (TPSA) is 162 Å². The molecule has 6 heterocycles. The van der Waals surface area contributed by atoms with E-state index in [4.69, 9.17) is 8.83 Å². The largest absolute Gasteiger partial charge is 0.440 e. The summed E-state index contributed by atoms with van der Waals surface area (Å²) in [4.78, 5) is 46.8. The van der Waals surface area contributed by atoms with E-state index in [0.717, 1.165) is 45.7 Å². The molecule has 0 radical (unpaired) electrons. The Bertz CT molecular complexity index is 1770. The molecule has 0 atom stereocenters. The Balaban J connectivity index is 0. The summed E-state index contributed by atoms with van der Waals surface area (Å²) in [5.41, 5.74) is 3.89. The van der Waals surface area contributed by atoms with Gasteiger partial charge in [0.15, 0.2) is 23.3 Å². The van der Waals surface area contributed by atoms with E-state index in [1.807, 2.05) is 152 Å². The zero-order chi connectivity index (χ0) is 47.3. The average Bonchev–Trinajstić information content (AvgIpc) is 4.05. The molecule has 0 fully saturated rings. The summed E-state index contributed by atoms with van der Waals surface area (Å²) in [6, 6.07) is 17.1. The Morgan fingerprint density at radius 3 is 1.39 bits per heavy atom. The van der Waals surface area contributed by atoms with E-state index in [0.29, 0.717) is 24.9 Å². The van der Waals surface area contributed by atoms with Crippen molar-refractivity contribution < 1.29 is 18.4 Å². The number of rotatable bonds is 10. The van der Waals surface area contributed by atoms with Gasteiger partial charge < -0.3 is 19.5 Å². The van der Waals surface area contributed by atoms with Crippen LogP contribution in [0.4, 0.5) is 0 Å². The summed E-state index contributed by atoms with van der Waals surface area (Å²) in [5, 5.41) is 5.65. The van der Waals surface area contributed by atoms with Crippen LogP contribution in [0.2, 0.25) is 0 Å². The normalized spacial score (nSPS) is 9.48. The molecule has 0 spiro atoms. The van der Waals surface area contributed by atoms with Crippen LogP contribution in [0.25, 0.3) is 22.8 Å². The summed E-state index contributed by atoms with van der Waals surface area (Å²) in [5.74, 6) is 3.90. The molecule has 2 N–H and O–H groups in total. The highest BCUT2D eigenvalue weighted by molar-refractivity contribution is 5.78. The monoisotopic (exact) mass is 853 g/mol. The smallest absolute Gasteiger partial charge is 0.222 e. The number of hydrogen-bond acceptors (Lipinski definition) is 10. The van der Waals surface area contributed by atoms with Crippen molar-refractivity contribution in [2.75, 3.05) is 0 Å². The van der Waals surface area contributed by atoms with Crippen molar-refractivity contribution in [3.05, 3.63) is 133 Å². The van der Waals surface area contributed by atoms with Crippen LogP contribution in [0.3, 0.4) is 0 Å². The maximum atomic E-state index is 11.2. The molecule has 12 nitrogen and oxygen atoms in total. The van der Waals surface area contributed by atoms with Gasteiger partial charge in [-0.3, -0.25) is 29.5 Å². The van der Waals surface area contributed by atoms with E-state index in [9.17, 15) is 9.59 Å². The van der Waals surface area contributed by atoms with Crippen LogP contribution in [0, 0.1) is 11.8 Å². The van der Waals surface area contributed by atoms with Gasteiger partial charge in [-0.2, -0.15) is 0 Å². The molecule has 6 aromatic heterocycles. The molecular weight excluding hydrogens is 777 g/mol. The molecule has 2 amide bonds. The summed E-state index contributed by atoms with van der Waals surface area (Å²) < 4.78 is 11.1. The number of hydrogen-bond donors (Lipinski definition) is 2. The molecule has 62 heavy (non-hydrogen) atoms. The molecule has 0 saturated carbocycles. The zero-order valence-electron chi connectivity index (χ0n) is 40.4. The van der Waals surface area contributed by atoms with Gasteiger partial charge in [-0.25, -0.2) is 9.97 Å². The summed E-state index contributed by atoms with van der Waals surface area (Å²) in [6.45, 7) is 32.9. The Labute approximate surface area is 373 Å². The first kappa shape index (κ1) is 58.1. The first-order chi connectivity index (χ1) is 29.9. The molecule has 6 rings (SSSR count). The molecule has 0 bridgehead atoms. The van der Waals surface area contributed by atoms with Crippen molar-refractivity contribution in [3.8, 4) is 22.8 Å². The van der Waals surface area contributed by atoms with Crippen LogP contribution in [-0.4, -0.2) is 41.7 Å². The van der Waals surface area contributed by atoms with Gasteiger partial charge in [0.2, 0.25) is 11.8 Å². The number of oxazole rings is 2.